The minimum Gasteiger partial charge on any atom is -0.481 e. The fraction of sp³-hybridized carbons (Fsp3) is 0.385. The maximum Gasteiger partial charge on any atom is 0.433 e. The van der Waals surface area contributed by atoms with Gasteiger partial charge in [0.25, 0.3) is 0 Å². The lowest BCUT2D eigenvalue weighted by molar-refractivity contribution is -0.144. The Hall–Kier alpha value is -3.53. The van der Waals surface area contributed by atoms with Crippen molar-refractivity contribution in [2.24, 2.45) is 11.8 Å². The third-order valence-electron chi connectivity index (χ3n) is 6.77. The molecule has 1 saturated carbocycles. The molecule has 0 spiro atoms. The predicted octanol–water partition coefficient (Wildman–Crippen LogP) is 5.71. The summed E-state index contributed by atoms with van der Waals surface area (Å²) in [6.07, 6.45) is 0.409. The number of aliphatic hydroxyl groups is 1. The molecule has 1 atom stereocenters. The van der Waals surface area contributed by atoms with E-state index in [2.05, 4.69) is 20.3 Å². The number of aliphatic carboxylic acids is 1. The van der Waals surface area contributed by atoms with Gasteiger partial charge in [0.05, 0.1) is 11.6 Å². The maximum atomic E-state index is 13.0. The average molecular weight is 501 g/mol. The number of benzene rings is 1. The van der Waals surface area contributed by atoms with E-state index in [1.54, 1.807) is 31.3 Å². The summed E-state index contributed by atoms with van der Waals surface area (Å²) in [4.78, 5) is 23.2. The lowest BCUT2D eigenvalue weighted by Gasteiger charge is -2.36. The minimum absolute atomic E-state index is 0.0892. The van der Waals surface area contributed by atoms with Crippen molar-refractivity contribution in [3.05, 3.63) is 65.7 Å². The molecule has 1 aliphatic carbocycles. The van der Waals surface area contributed by atoms with Crippen LogP contribution in [0.2, 0.25) is 0 Å². The Labute approximate surface area is 206 Å². The summed E-state index contributed by atoms with van der Waals surface area (Å²) in [6, 6.07) is 9.85. The number of hydrogen-bond acceptors (Lipinski definition) is 6. The number of rotatable bonds is 6. The van der Waals surface area contributed by atoms with Crippen LogP contribution in [-0.2, 0) is 16.6 Å². The van der Waals surface area contributed by atoms with Crippen molar-refractivity contribution in [1.82, 2.24) is 15.0 Å². The summed E-state index contributed by atoms with van der Waals surface area (Å²) in [5.41, 5.74) is 1.22. The predicted molar refractivity (Wildman–Crippen MR) is 127 cm³/mol. The number of carboxylic acid groups (broad SMARTS) is 1. The number of carbonyl (C=O) groups is 1. The van der Waals surface area contributed by atoms with Gasteiger partial charge in [-0.15, -0.1) is 0 Å². The number of nitrogens with one attached hydrogen (secondary N) is 1. The summed E-state index contributed by atoms with van der Waals surface area (Å²) >= 11 is 0. The smallest absolute Gasteiger partial charge is 0.433 e. The van der Waals surface area contributed by atoms with E-state index in [0.29, 0.717) is 37.1 Å². The molecule has 2 heterocycles. The largest absolute Gasteiger partial charge is 0.481 e. The first-order valence-electron chi connectivity index (χ1n) is 11.6. The molecule has 3 aromatic rings. The SMILES string of the molecule is Cc1cc(Nc2nccc(C(F)(F)F)n2)cc(-c2ccc([C@@](C)(O)C3CCC(C(=O)O)CC3)nc2)c1. The molecule has 2 aromatic heterocycles. The van der Waals surface area contributed by atoms with Crippen molar-refractivity contribution in [1.29, 1.82) is 0 Å². The van der Waals surface area contributed by atoms with Gasteiger partial charge in [0.15, 0.2) is 0 Å². The van der Waals surface area contributed by atoms with Crippen molar-refractivity contribution < 1.29 is 28.2 Å². The number of anilines is 2. The van der Waals surface area contributed by atoms with E-state index in [9.17, 15) is 28.2 Å². The second-order valence-corrected chi connectivity index (χ2v) is 9.44. The number of nitrogens with zero attached hydrogens (tertiary/aromatic N) is 3. The number of halogens is 3. The van der Waals surface area contributed by atoms with Crippen LogP contribution in [0.25, 0.3) is 11.1 Å². The van der Waals surface area contributed by atoms with Crippen molar-refractivity contribution in [2.45, 2.75) is 51.3 Å². The van der Waals surface area contributed by atoms with Gasteiger partial charge in [-0.2, -0.15) is 13.2 Å². The fourth-order valence-electron chi connectivity index (χ4n) is 4.70. The molecule has 190 valence electrons. The van der Waals surface area contributed by atoms with Crippen molar-refractivity contribution in [3.63, 3.8) is 0 Å². The van der Waals surface area contributed by atoms with Gasteiger partial charge in [0.2, 0.25) is 5.95 Å². The van der Waals surface area contributed by atoms with Crippen LogP contribution in [-0.4, -0.2) is 31.1 Å². The van der Waals surface area contributed by atoms with Crippen molar-refractivity contribution in [3.8, 4) is 11.1 Å². The molecule has 0 bridgehead atoms. The van der Waals surface area contributed by atoms with Crippen molar-refractivity contribution >= 4 is 17.6 Å². The highest BCUT2D eigenvalue weighted by Gasteiger charge is 2.39. The lowest BCUT2D eigenvalue weighted by Crippen LogP contribution is -2.36. The Kier molecular flexibility index (Phi) is 6.99. The van der Waals surface area contributed by atoms with E-state index in [1.165, 1.54) is 0 Å². The first-order valence-corrected chi connectivity index (χ1v) is 11.6. The Morgan fingerprint density at radius 1 is 1.00 bits per heavy atom. The number of aromatic nitrogens is 3. The summed E-state index contributed by atoms with van der Waals surface area (Å²) in [5.74, 6) is -1.41. The van der Waals surface area contributed by atoms with Gasteiger partial charge in [-0.05, 0) is 80.8 Å². The Morgan fingerprint density at radius 3 is 2.33 bits per heavy atom. The number of pyridine rings is 1. The first-order chi connectivity index (χ1) is 16.9. The zero-order valence-electron chi connectivity index (χ0n) is 19.9. The van der Waals surface area contributed by atoms with Gasteiger partial charge in [0, 0.05) is 23.6 Å². The van der Waals surface area contributed by atoms with Crippen LogP contribution in [0.4, 0.5) is 24.8 Å². The molecule has 0 unspecified atom stereocenters. The second kappa shape index (κ2) is 9.85. The third-order valence-corrected chi connectivity index (χ3v) is 6.77. The molecule has 4 rings (SSSR count). The molecule has 0 saturated heterocycles. The summed E-state index contributed by atoms with van der Waals surface area (Å²) < 4.78 is 38.9. The van der Waals surface area contributed by atoms with E-state index < -0.39 is 23.4 Å². The first kappa shape index (κ1) is 25.6. The van der Waals surface area contributed by atoms with Crippen molar-refractivity contribution in [2.75, 3.05) is 5.32 Å². The van der Waals surface area contributed by atoms with E-state index in [4.69, 9.17) is 0 Å². The summed E-state index contributed by atoms with van der Waals surface area (Å²) in [7, 11) is 0. The van der Waals surface area contributed by atoms with E-state index in [1.807, 2.05) is 19.1 Å². The van der Waals surface area contributed by atoms with Crippen LogP contribution in [0.1, 0.15) is 49.6 Å². The number of hydrogen-bond donors (Lipinski definition) is 3. The molecule has 10 heteroatoms. The molecule has 7 nitrogen and oxygen atoms in total. The Morgan fingerprint density at radius 2 is 1.72 bits per heavy atom. The highest BCUT2D eigenvalue weighted by molar-refractivity contribution is 5.71. The molecular weight excluding hydrogens is 473 g/mol. The summed E-state index contributed by atoms with van der Waals surface area (Å²) in [5, 5.41) is 23.3. The molecule has 1 aromatic carbocycles. The normalized spacial score (nSPS) is 19.9. The van der Waals surface area contributed by atoms with Gasteiger partial charge in [-0.25, -0.2) is 9.97 Å². The monoisotopic (exact) mass is 500 g/mol. The molecule has 0 aliphatic heterocycles. The van der Waals surface area contributed by atoms with Crippen LogP contribution in [0.5, 0.6) is 0 Å². The molecule has 0 radical (unpaired) electrons. The number of aryl methyl sites for hydroxylation is 1. The molecule has 36 heavy (non-hydrogen) atoms. The minimum atomic E-state index is -4.57. The van der Waals surface area contributed by atoms with Gasteiger partial charge in [-0.1, -0.05) is 12.1 Å². The zero-order chi connectivity index (χ0) is 26.1. The highest BCUT2D eigenvalue weighted by Crippen LogP contribution is 2.40. The van der Waals surface area contributed by atoms with Gasteiger partial charge >= 0.3 is 12.1 Å². The number of carboxylic acids is 1. The van der Waals surface area contributed by atoms with Crippen LogP contribution in [0, 0.1) is 18.8 Å². The highest BCUT2D eigenvalue weighted by atomic mass is 19.4. The standard InChI is InChI=1S/C26H27F3N4O3/c1-15-11-18(13-20(12-15)32-24-30-10-9-22(33-24)26(27,28)29)17-5-8-21(31-14-17)25(2,36)19-6-3-16(4-7-19)23(34)35/h5,8-14,16,19,36H,3-4,6-7H2,1-2H3,(H,34,35)(H,30,32,33)/t16?,19?,25-/m0/s1. The molecule has 0 amide bonds. The fourth-order valence-corrected chi connectivity index (χ4v) is 4.70. The van der Waals surface area contributed by atoms with Crippen LogP contribution in [0.3, 0.4) is 0 Å². The molecule has 3 N–H and O–H groups in total. The van der Waals surface area contributed by atoms with Gasteiger partial charge < -0.3 is 15.5 Å². The Balaban J connectivity index is 1.52. The quantitative estimate of drug-likeness (QED) is 0.398. The summed E-state index contributed by atoms with van der Waals surface area (Å²) in [6.45, 7) is 3.58. The maximum absolute atomic E-state index is 13.0. The van der Waals surface area contributed by atoms with E-state index in [-0.39, 0.29) is 17.8 Å². The van der Waals surface area contributed by atoms with Crippen LogP contribution in [0.15, 0.2) is 48.8 Å². The number of alkyl halides is 3. The van der Waals surface area contributed by atoms with Gasteiger partial charge in [-0.3, -0.25) is 9.78 Å². The topological polar surface area (TPSA) is 108 Å². The molecular formula is C26H27F3N4O3. The molecule has 1 aliphatic rings. The second-order valence-electron chi connectivity index (χ2n) is 9.44. The third kappa shape index (κ3) is 5.64. The van der Waals surface area contributed by atoms with E-state index >= 15 is 0 Å². The average Bonchev–Trinajstić information content (AvgIpc) is 2.83. The lowest BCUT2D eigenvalue weighted by atomic mass is 9.73. The van der Waals surface area contributed by atoms with Crippen LogP contribution < -0.4 is 5.32 Å². The Bertz CT molecular complexity index is 1240. The molecule has 1 fully saturated rings. The van der Waals surface area contributed by atoms with Gasteiger partial charge in [0.1, 0.15) is 11.3 Å². The zero-order valence-corrected chi connectivity index (χ0v) is 19.9. The van der Waals surface area contributed by atoms with Crippen LogP contribution >= 0.6 is 0 Å². The van der Waals surface area contributed by atoms with E-state index in [0.717, 1.165) is 29.0 Å².